The van der Waals surface area contributed by atoms with Gasteiger partial charge in [0.1, 0.15) is 0 Å². The first-order valence-corrected chi connectivity index (χ1v) is 2.35. The van der Waals surface area contributed by atoms with E-state index in [1.165, 1.54) is 0 Å². The second kappa shape index (κ2) is 9.21. The van der Waals surface area contributed by atoms with E-state index in [-0.39, 0.29) is 65.2 Å². The molecule has 4 nitrogen and oxygen atoms in total. The van der Waals surface area contributed by atoms with Gasteiger partial charge in [-0.25, -0.2) is 4.57 Å². The molecule has 0 spiro atoms. The summed E-state index contributed by atoms with van der Waals surface area (Å²) in [4.78, 5) is 21.6. The molecule has 8 heteroatoms. The van der Waals surface area contributed by atoms with Crippen molar-refractivity contribution in [2.75, 3.05) is 0 Å². The van der Waals surface area contributed by atoms with Gasteiger partial charge in [0, 0.05) is 35.6 Å². The van der Waals surface area contributed by atoms with E-state index < -0.39 is 7.82 Å². The standard InChI is InChI=1S/Mn.Na.H3O4P.V.H/c;;1-5(2,3)4;;/h;;(H3,1,2,3,4);;. The maximum atomic E-state index is 8.88. The molecule has 0 aliphatic heterocycles. The second-order valence-electron chi connectivity index (χ2n) is 0.513. The maximum Gasteiger partial charge on any atom is 0 e. The topological polar surface area (TPSA) is 77.8 Å². The predicted molar refractivity (Wildman–Crippen MR) is 21.4 cm³/mol. The van der Waals surface area contributed by atoms with Crippen LogP contribution < -0.4 is 0 Å². The van der Waals surface area contributed by atoms with Crippen molar-refractivity contribution in [3.63, 3.8) is 0 Å². The Morgan fingerprint density at radius 3 is 1.12 bits per heavy atom. The molecule has 0 saturated heterocycles. The van der Waals surface area contributed by atoms with Gasteiger partial charge in [0.25, 0.3) is 0 Å². The normalized spacial score (nSPS) is 7.38. The van der Waals surface area contributed by atoms with Crippen LogP contribution in [0.5, 0.6) is 0 Å². The van der Waals surface area contributed by atoms with Crippen molar-refractivity contribution >= 4 is 37.4 Å². The van der Waals surface area contributed by atoms with E-state index >= 15 is 0 Å². The van der Waals surface area contributed by atoms with Crippen molar-refractivity contribution < 1.29 is 54.9 Å². The minimum absolute atomic E-state index is 0. The number of hydrogen-bond acceptors (Lipinski definition) is 1. The third kappa shape index (κ3) is 87.2. The van der Waals surface area contributed by atoms with Gasteiger partial charge in [0.2, 0.25) is 0 Å². The SMILES string of the molecule is O=P(O)(O)O.[Mn].[NaH].[V]. The molecule has 0 rings (SSSR count). The van der Waals surface area contributed by atoms with E-state index in [1.807, 2.05) is 0 Å². The second-order valence-corrected chi connectivity index (χ2v) is 1.54. The Kier molecular flexibility index (Phi) is 25.9. The Bertz CT molecular complexity index is 62.2. The molecule has 0 aromatic rings. The third-order valence-corrected chi connectivity index (χ3v) is 0. The fourth-order valence-electron chi connectivity index (χ4n) is 0. The molecule has 3 N–H and O–H groups in total. The van der Waals surface area contributed by atoms with Crippen LogP contribution in [0.2, 0.25) is 0 Å². The average Bonchev–Trinajstić information content (AvgIpc) is 0.722. The van der Waals surface area contributed by atoms with Crippen molar-refractivity contribution in [2.45, 2.75) is 0 Å². The first-order valence-electron chi connectivity index (χ1n) is 0.783. The first kappa shape index (κ1) is 22.5. The Hall–Kier alpha value is 2.21. The van der Waals surface area contributed by atoms with Gasteiger partial charge in [-0.1, -0.05) is 0 Å². The van der Waals surface area contributed by atoms with Crippen LogP contribution in [0.25, 0.3) is 0 Å². The van der Waals surface area contributed by atoms with Gasteiger partial charge in [0.05, 0.1) is 0 Å². The molecule has 0 aliphatic carbocycles. The van der Waals surface area contributed by atoms with E-state index in [1.54, 1.807) is 0 Å². The molecule has 2 radical (unpaired) electrons. The summed E-state index contributed by atoms with van der Waals surface area (Å²) in [7, 11) is -4.64. The van der Waals surface area contributed by atoms with Crippen LogP contribution in [0.3, 0.4) is 0 Å². The summed E-state index contributed by atoms with van der Waals surface area (Å²) < 4.78 is 8.88. The third-order valence-electron chi connectivity index (χ3n) is 0. The quantitative estimate of drug-likeness (QED) is 0.345. The number of rotatable bonds is 0. The molecule has 0 fully saturated rings. The largest absolute Gasteiger partial charge is 0 e. The van der Waals surface area contributed by atoms with Crippen LogP contribution >= 0.6 is 7.82 Å². The van der Waals surface area contributed by atoms with Gasteiger partial charge in [-0.15, -0.1) is 0 Å². The molecule has 0 bridgehead atoms. The summed E-state index contributed by atoms with van der Waals surface area (Å²) in [5, 5.41) is 0. The van der Waals surface area contributed by atoms with Gasteiger partial charge < -0.3 is 14.7 Å². The van der Waals surface area contributed by atoms with Crippen molar-refractivity contribution in [1.29, 1.82) is 0 Å². The van der Waals surface area contributed by atoms with Crippen LogP contribution in [-0.4, -0.2) is 44.2 Å². The summed E-state index contributed by atoms with van der Waals surface area (Å²) in [5.74, 6) is 0. The average molecular weight is 228 g/mol. The summed E-state index contributed by atoms with van der Waals surface area (Å²) in [6.07, 6.45) is 0. The van der Waals surface area contributed by atoms with Crippen LogP contribution in [0.4, 0.5) is 0 Å². The monoisotopic (exact) mass is 228 g/mol. The van der Waals surface area contributed by atoms with Crippen molar-refractivity contribution in [1.82, 2.24) is 0 Å². The molecule has 0 aromatic heterocycles. The molecular weight excluding hydrogens is 224 g/mol. The minimum atomic E-state index is -4.64. The van der Waals surface area contributed by atoms with E-state index in [9.17, 15) is 0 Å². The van der Waals surface area contributed by atoms with E-state index in [2.05, 4.69) is 0 Å². The zero-order valence-corrected chi connectivity index (χ0v) is 6.49. The van der Waals surface area contributed by atoms with Crippen LogP contribution in [0.1, 0.15) is 0 Å². The van der Waals surface area contributed by atoms with Crippen molar-refractivity contribution in [2.24, 2.45) is 0 Å². The predicted octanol–water partition coefficient (Wildman–Crippen LogP) is -1.58. The van der Waals surface area contributed by atoms with Crippen molar-refractivity contribution in [3.8, 4) is 0 Å². The van der Waals surface area contributed by atoms with Crippen LogP contribution in [0.15, 0.2) is 0 Å². The van der Waals surface area contributed by atoms with Gasteiger partial charge in [-0.3, -0.25) is 0 Å². The van der Waals surface area contributed by atoms with E-state index in [4.69, 9.17) is 19.2 Å². The van der Waals surface area contributed by atoms with Gasteiger partial charge in [-0.05, 0) is 0 Å². The summed E-state index contributed by atoms with van der Waals surface area (Å²) in [6.45, 7) is 0. The molecule has 0 aromatic carbocycles. The van der Waals surface area contributed by atoms with E-state index in [0.717, 1.165) is 0 Å². The Balaban J connectivity index is -0.0000000267. The first-order chi connectivity index (χ1) is 2.00. The molecule has 0 unspecified atom stereocenters. The molecule has 0 heterocycles. The Morgan fingerprint density at radius 1 is 1.12 bits per heavy atom. The van der Waals surface area contributed by atoms with E-state index in [0.29, 0.717) is 0 Å². The fourth-order valence-corrected chi connectivity index (χ4v) is 0. The molecular formula is H4MnNaO4PV. The summed E-state index contributed by atoms with van der Waals surface area (Å²) in [5.41, 5.74) is 0. The molecule has 46 valence electrons. The molecule has 0 aliphatic rings. The van der Waals surface area contributed by atoms with Crippen molar-refractivity contribution in [3.05, 3.63) is 0 Å². The summed E-state index contributed by atoms with van der Waals surface area (Å²) >= 11 is 0. The van der Waals surface area contributed by atoms with Crippen LogP contribution in [-0.2, 0) is 40.2 Å². The van der Waals surface area contributed by atoms with Gasteiger partial charge in [0.15, 0.2) is 0 Å². The molecule has 0 saturated carbocycles. The number of phosphoric acid groups is 1. The minimum Gasteiger partial charge on any atom is 0 e. The molecule has 0 amide bonds. The zero-order valence-electron chi connectivity index (χ0n) is 3.02. The van der Waals surface area contributed by atoms with Gasteiger partial charge >= 0.3 is 37.4 Å². The van der Waals surface area contributed by atoms with Crippen LogP contribution in [0, 0.1) is 0 Å². The summed E-state index contributed by atoms with van der Waals surface area (Å²) in [6, 6.07) is 0. The Labute approximate surface area is 91.3 Å². The fraction of sp³-hybridized carbons (Fsp3) is 0. The molecule has 8 heavy (non-hydrogen) atoms. The molecule has 0 atom stereocenters. The van der Waals surface area contributed by atoms with Gasteiger partial charge in [-0.2, -0.15) is 0 Å². The Morgan fingerprint density at radius 2 is 1.12 bits per heavy atom. The zero-order chi connectivity index (χ0) is 4.50. The smallest absolute Gasteiger partial charge is 0 e. The maximum absolute atomic E-state index is 8.88. The number of hydrogen-bond donors (Lipinski definition) is 3.